The monoisotopic (exact) mass is 320 g/mol. The molecule has 2 aromatic carbocycles. The van der Waals surface area contributed by atoms with Gasteiger partial charge in [-0.2, -0.15) is 5.10 Å². The number of rotatable bonds is 4. The van der Waals surface area contributed by atoms with Crippen molar-refractivity contribution in [3.05, 3.63) is 71.8 Å². The summed E-state index contributed by atoms with van der Waals surface area (Å²) in [5.41, 5.74) is 4.24. The lowest BCUT2D eigenvalue weighted by Crippen LogP contribution is -2.28. The van der Waals surface area contributed by atoms with Crippen LogP contribution in [0.1, 0.15) is 11.1 Å². The molecule has 24 heavy (non-hydrogen) atoms. The highest BCUT2D eigenvalue weighted by atomic mass is 16.2. The second-order valence-corrected chi connectivity index (χ2v) is 5.70. The Morgan fingerprint density at radius 1 is 1.08 bits per heavy atom. The lowest BCUT2D eigenvalue weighted by atomic mass is 10.1. The third-order valence-corrected chi connectivity index (χ3v) is 3.73. The summed E-state index contributed by atoms with van der Waals surface area (Å²) < 4.78 is 1.76. The number of urea groups is 1. The summed E-state index contributed by atoms with van der Waals surface area (Å²) in [6.45, 7) is 2.51. The SMILES string of the molecule is Cc1cccc(CNC(=O)Nc2cc(-c3ccccc3)n(C)n2)c1. The number of carbonyl (C=O) groups excluding carboxylic acids is 1. The van der Waals surface area contributed by atoms with Gasteiger partial charge in [0.05, 0.1) is 5.69 Å². The number of benzene rings is 2. The molecule has 2 amide bonds. The van der Waals surface area contributed by atoms with E-state index in [0.29, 0.717) is 12.4 Å². The van der Waals surface area contributed by atoms with E-state index in [0.717, 1.165) is 16.8 Å². The van der Waals surface area contributed by atoms with E-state index < -0.39 is 0 Å². The minimum Gasteiger partial charge on any atom is -0.334 e. The zero-order valence-corrected chi connectivity index (χ0v) is 13.8. The van der Waals surface area contributed by atoms with Crippen LogP contribution < -0.4 is 10.6 Å². The standard InChI is InChI=1S/C19H20N4O/c1-14-7-6-8-15(11-14)13-20-19(24)21-18-12-17(23(2)22-18)16-9-4-3-5-10-16/h3-12H,13H2,1-2H3,(H2,20,21,22,24). The summed E-state index contributed by atoms with van der Waals surface area (Å²) in [4.78, 5) is 12.1. The van der Waals surface area contributed by atoms with Crippen LogP contribution >= 0.6 is 0 Å². The fourth-order valence-corrected chi connectivity index (χ4v) is 2.57. The number of hydrogen-bond donors (Lipinski definition) is 2. The zero-order valence-electron chi connectivity index (χ0n) is 13.8. The van der Waals surface area contributed by atoms with Gasteiger partial charge in [-0.1, -0.05) is 60.2 Å². The van der Waals surface area contributed by atoms with Crippen LogP contribution in [0.2, 0.25) is 0 Å². The number of nitrogens with zero attached hydrogens (tertiary/aromatic N) is 2. The molecule has 0 bridgehead atoms. The highest BCUT2D eigenvalue weighted by molar-refractivity contribution is 5.88. The van der Waals surface area contributed by atoms with Crippen molar-refractivity contribution >= 4 is 11.8 Å². The van der Waals surface area contributed by atoms with E-state index in [1.807, 2.05) is 68.6 Å². The van der Waals surface area contributed by atoms with E-state index in [4.69, 9.17) is 0 Å². The first-order chi connectivity index (χ1) is 11.6. The Bertz CT molecular complexity index is 840. The van der Waals surface area contributed by atoms with E-state index in [1.54, 1.807) is 4.68 Å². The first kappa shape index (κ1) is 15.8. The second-order valence-electron chi connectivity index (χ2n) is 5.70. The fraction of sp³-hybridized carbons (Fsp3) is 0.158. The molecular weight excluding hydrogens is 300 g/mol. The van der Waals surface area contributed by atoms with Crippen molar-refractivity contribution in [1.82, 2.24) is 15.1 Å². The van der Waals surface area contributed by atoms with Crippen molar-refractivity contribution in [3.63, 3.8) is 0 Å². The van der Waals surface area contributed by atoms with Gasteiger partial charge >= 0.3 is 6.03 Å². The number of aromatic nitrogens is 2. The Morgan fingerprint density at radius 3 is 2.62 bits per heavy atom. The van der Waals surface area contributed by atoms with Crippen molar-refractivity contribution in [2.45, 2.75) is 13.5 Å². The van der Waals surface area contributed by atoms with Gasteiger partial charge in [0.1, 0.15) is 0 Å². The molecule has 0 atom stereocenters. The van der Waals surface area contributed by atoms with Gasteiger partial charge in [-0.25, -0.2) is 4.79 Å². The van der Waals surface area contributed by atoms with Gasteiger partial charge in [0.25, 0.3) is 0 Å². The summed E-state index contributed by atoms with van der Waals surface area (Å²) in [7, 11) is 1.86. The van der Waals surface area contributed by atoms with Gasteiger partial charge in [-0.15, -0.1) is 0 Å². The van der Waals surface area contributed by atoms with Gasteiger partial charge in [0, 0.05) is 19.7 Å². The maximum atomic E-state index is 12.1. The summed E-state index contributed by atoms with van der Waals surface area (Å²) >= 11 is 0. The second kappa shape index (κ2) is 7.00. The normalized spacial score (nSPS) is 10.4. The molecule has 5 nitrogen and oxygen atoms in total. The Balaban J connectivity index is 1.63. The molecule has 0 aliphatic heterocycles. The highest BCUT2D eigenvalue weighted by Gasteiger charge is 2.09. The van der Waals surface area contributed by atoms with Gasteiger partial charge in [-0.05, 0) is 18.1 Å². The number of anilines is 1. The Labute approximate surface area is 141 Å². The van der Waals surface area contributed by atoms with E-state index in [-0.39, 0.29) is 6.03 Å². The zero-order chi connectivity index (χ0) is 16.9. The number of nitrogens with one attached hydrogen (secondary N) is 2. The molecule has 0 aliphatic carbocycles. The van der Waals surface area contributed by atoms with E-state index in [1.165, 1.54) is 5.56 Å². The minimum absolute atomic E-state index is 0.269. The first-order valence-electron chi connectivity index (χ1n) is 7.82. The summed E-state index contributed by atoms with van der Waals surface area (Å²) in [6, 6.07) is 19.6. The first-order valence-corrected chi connectivity index (χ1v) is 7.82. The number of aryl methyl sites for hydroxylation is 2. The maximum absolute atomic E-state index is 12.1. The van der Waals surface area contributed by atoms with Crippen LogP contribution in [0.15, 0.2) is 60.7 Å². The van der Waals surface area contributed by atoms with E-state index >= 15 is 0 Å². The lowest BCUT2D eigenvalue weighted by Gasteiger charge is -2.06. The molecular formula is C19H20N4O. The van der Waals surface area contributed by atoms with Crippen LogP contribution in [0.3, 0.4) is 0 Å². The van der Waals surface area contributed by atoms with Crippen molar-refractivity contribution in [2.24, 2.45) is 7.05 Å². The van der Waals surface area contributed by atoms with E-state index in [2.05, 4.69) is 21.8 Å². The molecule has 0 radical (unpaired) electrons. The molecule has 122 valence electrons. The maximum Gasteiger partial charge on any atom is 0.320 e. The van der Waals surface area contributed by atoms with E-state index in [9.17, 15) is 4.79 Å². The number of hydrogen-bond acceptors (Lipinski definition) is 2. The predicted octanol–water partition coefficient (Wildman–Crippen LogP) is 3.72. The molecule has 2 N–H and O–H groups in total. The topological polar surface area (TPSA) is 59.0 Å². The van der Waals surface area contributed by atoms with Crippen molar-refractivity contribution < 1.29 is 4.79 Å². The third-order valence-electron chi connectivity index (χ3n) is 3.73. The number of carbonyl (C=O) groups is 1. The van der Waals surface area contributed by atoms with Crippen LogP contribution in [0.25, 0.3) is 11.3 Å². The van der Waals surface area contributed by atoms with Gasteiger partial charge < -0.3 is 5.32 Å². The molecule has 0 unspecified atom stereocenters. The van der Waals surface area contributed by atoms with Gasteiger partial charge in [0.2, 0.25) is 0 Å². The fourth-order valence-electron chi connectivity index (χ4n) is 2.57. The molecule has 0 saturated carbocycles. The molecule has 5 heteroatoms. The Kier molecular flexibility index (Phi) is 4.61. The highest BCUT2D eigenvalue weighted by Crippen LogP contribution is 2.21. The molecule has 0 aliphatic rings. The molecule has 1 aromatic heterocycles. The van der Waals surface area contributed by atoms with Crippen LogP contribution in [0.5, 0.6) is 0 Å². The molecule has 3 rings (SSSR count). The predicted molar refractivity (Wildman–Crippen MR) is 95.7 cm³/mol. The Morgan fingerprint density at radius 2 is 1.88 bits per heavy atom. The van der Waals surface area contributed by atoms with Gasteiger partial charge in [-0.3, -0.25) is 10.00 Å². The Hall–Kier alpha value is -3.08. The third kappa shape index (κ3) is 3.81. The summed E-state index contributed by atoms with van der Waals surface area (Å²) in [5, 5.41) is 9.96. The van der Waals surface area contributed by atoms with Gasteiger partial charge in [0.15, 0.2) is 5.82 Å². The van der Waals surface area contributed by atoms with Crippen molar-refractivity contribution in [1.29, 1.82) is 0 Å². The summed E-state index contributed by atoms with van der Waals surface area (Å²) in [5.74, 6) is 0.526. The van der Waals surface area contributed by atoms with Crippen LogP contribution in [0.4, 0.5) is 10.6 Å². The molecule has 0 fully saturated rings. The van der Waals surface area contributed by atoms with Crippen molar-refractivity contribution in [3.8, 4) is 11.3 Å². The van der Waals surface area contributed by atoms with Crippen LogP contribution in [0, 0.1) is 6.92 Å². The largest absolute Gasteiger partial charge is 0.334 e. The average Bonchev–Trinajstić information content (AvgIpc) is 2.94. The van der Waals surface area contributed by atoms with Crippen molar-refractivity contribution in [2.75, 3.05) is 5.32 Å². The summed E-state index contributed by atoms with van der Waals surface area (Å²) in [6.07, 6.45) is 0. The molecule has 0 spiro atoms. The lowest BCUT2D eigenvalue weighted by molar-refractivity contribution is 0.251. The molecule has 3 aromatic rings. The smallest absolute Gasteiger partial charge is 0.320 e. The minimum atomic E-state index is -0.269. The quantitative estimate of drug-likeness (QED) is 0.770. The number of amides is 2. The molecule has 0 saturated heterocycles. The van der Waals surface area contributed by atoms with Crippen LogP contribution in [-0.4, -0.2) is 15.8 Å². The molecule has 1 heterocycles. The average molecular weight is 320 g/mol. The van der Waals surface area contributed by atoms with Crippen LogP contribution in [-0.2, 0) is 13.6 Å².